The number of carbonyl (C=O) groups is 1. The van der Waals surface area contributed by atoms with Gasteiger partial charge in [-0.3, -0.25) is 4.79 Å². The number of benzene rings is 1. The van der Waals surface area contributed by atoms with E-state index in [1.807, 2.05) is 12.1 Å². The molecule has 90 valence electrons. The van der Waals surface area contributed by atoms with Crippen LogP contribution in [-0.2, 0) is 9.53 Å². The lowest BCUT2D eigenvalue weighted by atomic mass is 10.3. The zero-order valence-corrected chi connectivity index (χ0v) is 10.4. The van der Waals surface area contributed by atoms with Gasteiger partial charge in [-0.2, -0.15) is 0 Å². The number of halogens is 2. The molecule has 0 unspecified atom stereocenters. The minimum atomic E-state index is -0.317. The number of esters is 1. The third-order valence-corrected chi connectivity index (χ3v) is 2.12. The van der Waals surface area contributed by atoms with Crippen molar-refractivity contribution in [3.63, 3.8) is 0 Å². The Labute approximate surface area is 106 Å². The molecule has 1 aromatic carbocycles. The van der Waals surface area contributed by atoms with E-state index < -0.39 is 0 Å². The molecule has 0 heterocycles. The SMILES string of the molecule is CC(=O)OCCN(N)c1ccccc1Cl.Cl. The average molecular weight is 265 g/mol. The highest BCUT2D eigenvalue weighted by atomic mass is 35.5. The number of hydrogen-bond donors (Lipinski definition) is 1. The molecule has 0 radical (unpaired) electrons. The molecule has 0 aliphatic heterocycles. The van der Waals surface area contributed by atoms with Crippen LogP contribution in [0.25, 0.3) is 0 Å². The highest BCUT2D eigenvalue weighted by Gasteiger charge is 2.05. The van der Waals surface area contributed by atoms with Crippen molar-refractivity contribution in [3.8, 4) is 0 Å². The molecule has 0 saturated heterocycles. The summed E-state index contributed by atoms with van der Waals surface area (Å²) in [4.78, 5) is 10.5. The molecule has 0 bridgehead atoms. The van der Waals surface area contributed by atoms with E-state index >= 15 is 0 Å². The molecular weight excluding hydrogens is 251 g/mol. The van der Waals surface area contributed by atoms with Crippen molar-refractivity contribution in [2.75, 3.05) is 18.2 Å². The standard InChI is InChI=1S/C10H13ClN2O2.ClH/c1-8(14)15-7-6-13(12)10-5-3-2-4-9(10)11;/h2-5H,6-7,12H2,1H3;1H. The largest absolute Gasteiger partial charge is 0.464 e. The highest BCUT2D eigenvalue weighted by molar-refractivity contribution is 6.33. The first-order chi connectivity index (χ1) is 7.11. The summed E-state index contributed by atoms with van der Waals surface area (Å²) in [6.07, 6.45) is 0. The van der Waals surface area contributed by atoms with Gasteiger partial charge in [0.2, 0.25) is 0 Å². The quantitative estimate of drug-likeness (QED) is 0.514. The lowest BCUT2D eigenvalue weighted by Crippen LogP contribution is -2.34. The number of nitrogens with zero attached hydrogens (tertiary/aromatic N) is 1. The fourth-order valence-electron chi connectivity index (χ4n) is 1.09. The number of para-hydroxylation sites is 1. The molecule has 0 saturated carbocycles. The van der Waals surface area contributed by atoms with Crippen molar-refractivity contribution in [3.05, 3.63) is 29.3 Å². The van der Waals surface area contributed by atoms with Gasteiger partial charge < -0.3 is 9.75 Å². The summed E-state index contributed by atoms with van der Waals surface area (Å²) in [6, 6.07) is 7.22. The average Bonchev–Trinajstić information content (AvgIpc) is 2.17. The van der Waals surface area contributed by atoms with Crippen molar-refractivity contribution in [2.24, 2.45) is 5.84 Å². The molecule has 6 heteroatoms. The van der Waals surface area contributed by atoms with E-state index in [2.05, 4.69) is 0 Å². The van der Waals surface area contributed by atoms with Crippen LogP contribution in [0, 0.1) is 0 Å². The lowest BCUT2D eigenvalue weighted by molar-refractivity contribution is -0.140. The maximum atomic E-state index is 10.5. The number of anilines is 1. The minimum Gasteiger partial charge on any atom is -0.464 e. The van der Waals surface area contributed by atoms with Gasteiger partial charge in [0.15, 0.2) is 0 Å². The van der Waals surface area contributed by atoms with Gasteiger partial charge in [0, 0.05) is 6.92 Å². The van der Waals surface area contributed by atoms with E-state index in [4.69, 9.17) is 22.2 Å². The predicted molar refractivity (Wildman–Crippen MR) is 66.9 cm³/mol. The summed E-state index contributed by atoms with van der Waals surface area (Å²) in [5.74, 6) is 5.42. The summed E-state index contributed by atoms with van der Waals surface area (Å²) in [5, 5.41) is 2.02. The van der Waals surface area contributed by atoms with Gasteiger partial charge >= 0.3 is 5.97 Å². The Balaban J connectivity index is 0.00000225. The van der Waals surface area contributed by atoms with Gasteiger partial charge in [0.25, 0.3) is 0 Å². The first-order valence-electron chi connectivity index (χ1n) is 4.51. The number of hydrazine groups is 1. The number of hydrogen-bond acceptors (Lipinski definition) is 4. The summed E-state index contributed by atoms with van der Waals surface area (Å²) in [7, 11) is 0. The topological polar surface area (TPSA) is 55.6 Å². The Morgan fingerprint density at radius 1 is 1.50 bits per heavy atom. The minimum absolute atomic E-state index is 0. The van der Waals surface area contributed by atoms with Crippen molar-refractivity contribution < 1.29 is 9.53 Å². The number of nitrogens with two attached hydrogens (primary N) is 1. The normalized spacial score (nSPS) is 9.19. The Morgan fingerprint density at radius 3 is 2.69 bits per heavy atom. The van der Waals surface area contributed by atoms with E-state index in [0.29, 0.717) is 17.3 Å². The van der Waals surface area contributed by atoms with Crippen molar-refractivity contribution >= 4 is 35.7 Å². The Morgan fingerprint density at radius 2 is 2.12 bits per heavy atom. The fraction of sp³-hybridized carbons (Fsp3) is 0.300. The van der Waals surface area contributed by atoms with Crippen LogP contribution in [0.2, 0.25) is 5.02 Å². The predicted octanol–water partition coefficient (Wildman–Crippen LogP) is 2.00. The van der Waals surface area contributed by atoms with E-state index in [9.17, 15) is 4.79 Å². The number of carbonyl (C=O) groups excluding carboxylic acids is 1. The van der Waals surface area contributed by atoms with E-state index in [0.717, 1.165) is 0 Å². The van der Waals surface area contributed by atoms with E-state index in [1.54, 1.807) is 12.1 Å². The second-order valence-electron chi connectivity index (χ2n) is 2.98. The zero-order chi connectivity index (χ0) is 11.3. The van der Waals surface area contributed by atoms with Crippen LogP contribution in [0.3, 0.4) is 0 Å². The molecule has 0 spiro atoms. The molecule has 0 amide bonds. The van der Waals surface area contributed by atoms with Crippen LogP contribution in [0.5, 0.6) is 0 Å². The molecule has 1 aromatic rings. The molecule has 16 heavy (non-hydrogen) atoms. The van der Waals surface area contributed by atoms with Crippen molar-refractivity contribution in [1.29, 1.82) is 0 Å². The second-order valence-corrected chi connectivity index (χ2v) is 3.39. The molecular formula is C10H14Cl2N2O2. The van der Waals surface area contributed by atoms with Crippen LogP contribution in [0.1, 0.15) is 6.92 Å². The van der Waals surface area contributed by atoms with E-state index in [-0.39, 0.29) is 25.0 Å². The number of rotatable bonds is 4. The Kier molecular flexibility index (Phi) is 6.88. The number of ether oxygens (including phenoxy) is 1. The molecule has 1 rings (SSSR count). The summed E-state index contributed by atoms with van der Waals surface area (Å²) in [5.41, 5.74) is 0.714. The first-order valence-corrected chi connectivity index (χ1v) is 4.89. The van der Waals surface area contributed by atoms with Gasteiger partial charge in [-0.1, -0.05) is 23.7 Å². The van der Waals surface area contributed by atoms with Crippen molar-refractivity contribution in [2.45, 2.75) is 6.92 Å². The van der Waals surface area contributed by atoms with Gasteiger partial charge in [-0.05, 0) is 12.1 Å². The summed E-state index contributed by atoms with van der Waals surface area (Å²) >= 11 is 5.93. The van der Waals surface area contributed by atoms with E-state index in [1.165, 1.54) is 11.9 Å². The van der Waals surface area contributed by atoms with Crippen LogP contribution in [0.4, 0.5) is 5.69 Å². The molecule has 0 aliphatic rings. The Bertz CT molecular complexity index is 347. The van der Waals surface area contributed by atoms with Crippen molar-refractivity contribution in [1.82, 2.24) is 0 Å². The molecule has 0 atom stereocenters. The fourth-order valence-corrected chi connectivity index (χ4v) is 1.34. The van der Waals surface area contributed by atoms with Crippen LogP contribution >= 0.6 is 24.0 Å². The molecule has 0 fully saturated rings. The smallest absolute Gasteiger partial charge is 0.302 e. The van der Waals surface area contributed by atoms with Gasteiger partial charge in [-0.25, -0.2) is 5.84 Å². The summed E-state index contributed by atoms with van der Waals surface area (Å²) < 4.78 is 4.77. The second kappa shape index (κ2) is 7.33. The monoisotopic (exact) mass is 264 g/mol. The molecule has 2 N–H and O–H groups in total. The molecule has 0 aromatic heterocycles. The Hall–Kier alpha value is -0.970. The van der Waals surface area contributed by atoms with Gasteiger partial charge in [0.05, 0.1) is 17.3 Å². The molecule has 4 nitrogen and oxygen atoms in total. The highest BCUT2D eigenvalue weighted by Crippen LogP contribution is 2.22. The van der Waals surface area contributed by atoms with Crippen LogP contribution in [0.15, 0.2) is 24.3 Å². The first kappa shape index (κ1) is 15.0. The maximum absolute atomic E-state index is 10.5. The third kappa shape index (κ3) is 4.70. The zero-order valence-electron chi connectivity index (χ0n) is 8.85. The summed E-state index contributed by atoms with van der Waals surface area (Å²) in [6.45, 7) is 2.01. The molecule has 0 aliphatic carbocycles. The maximum Gasteiger partial charge on any atom is 0.302 e. The van der Waals surface area contributed by atoms with Gasteiger partial charge in [0.1, 0.15) is 6.61 Å². The van der Waals surface area contributed by atoms with Crippen LogP contribution < -0.4 is 10.9 Å². The third-order valence-electron chi connectivity index (χ3n) is 1.80. The lowest BCUT2D eigenvalue weighted by Gasteiger charge is -2.19. The van der Waals surface area contributed by atoms with Crippen LogP contribution in [-0.4, -0.2) is 19.1 Å². The van der Waals surface area contributed by atoms with Gasteiger partial charge in [-0.15, -0.1) is 12.4 Å².